The number of phenolic OH excluding ortho intramolecular Hbond substituents is 3. The van der Waals surface area contributed by atoms with Gasteiger partial charge in [0.05, 0.1) is 12.7 Å². The molecule has 2 aromatic carbocycles. The largest absolute Gasteiger partial charge is 0.508 e. The summed E-state index contributed by atoms with van der Waals surface area (Å²) < 4.78 is 4.92. The van der Waals surface area contributed by atoms with Gasteiger partial charge < -0.3 is 20.1 Å². The standard InChI is InChI=1S/C16H14O5/c1-21-16-7-3-10(8-15(16)20)2-6-13(18)12-5-4-11(17)9-14(12)19/h2-9,17,19-20H,1H3. The van der Waals surface area contributed by atoms with Gasteiger partial charge in [0, 0.05) is 6.07 Å². The van der Waals surface area contributed by atoms with Crippen molar-refractivity contribution in [1.29, 1.82) is 0 Å². The van der Waals surface area contributed by atoms with Crippen molar-refractivity contribution in [3.8, 4) is 23.0 Å². The lowest BCUT2D eigenvalue weighted by molar-refractivity contribution is 0.104. The molecule has 0 aliphatic heterocycles. The molecule has 0 aliphatic carbocycles. The second-order valence-corrected chi connectivity index (χ2v) is 4.33. The Bertz CT molecular complexity index is 704. The summed E-state index contributed by atoms with van der Waals surface area (Å²) in [6, 6.07) is 8.47. The maximum atomic E-state index is 11.9. The van der Waals surface area contributed by atoms with Gasteiger partial charge in [-0.15, -0.1) is 0 Å². The van der Waals surface area contributed by atoms with Gasteiger partial charge in [0.2, 0.25) is 0 Å². The van der Waals surface area contributed by atoms with Crippen LogP contribution in [0.15, 0.2) is 42.5 Å². The molecule has 0 bridgehead atoms. The number of carbonyl (C=O) groups excluding carboxylic acids is 1. The van der Waals surface area contributed by atoms with Crippen LogP contribution in [0.5, 0.6) is 23.0 Å². The van der Waals surface area contributed by atoms with Gasteiger partial charge in [-0.3, -0.25) is 4.79 Å². The van der Waals surface area contributed by atoms with Crippen molar-refractivity contribution in [2.75, 3.05) is 7.11 Å². The summed E-state index contributed by atoms with van der Waals surface area (Å²) in [6.45, 7) is 0. The molecule has 0 spiro atoms. The Hall–Kier alpha value is -2.95. The third kappa shape index (κ3) is 3.33. The van der Waals surface area contributed by atoms with Crippen LogP contribution in [0.3, 0.4) is 0 Å². The zero-order valence-corrected chi connectivity index (χ0v) is 11.3. The Morgan fingerprint density at radius 2 is 1.81 bits per heavy atom. The first-order valence-electron chi connectivity index (χ1n) is 6.12. The van der Waals surface area contributed by atoms with Gasteiger partial charge in [0.1, 0.15) is 11.5 Å². The van der Waals surface area contributed by atoms with Gasteiger partial charge in [0.15, 0.2) is 17.3 Å². The van der Waals surface area contributed by atoms with Crippen LogP contribution in [-0.2, 0) is 0 Å². The van der Waals surface area contributed by atoms with E-state index in [-0.39, 0.29) is 22.8 Å². The minimum Gasteiger partial charge on any atom is -0.508 e. The van der Waals surface area contributed by atoms with Crippen molar-refractivity contribution < 1.29 is 24.9 Å². The monoisotopic (exact) mass is 286 g/mol. The highest BCUT2D eigenvalue weighted by Crippen LogP contribution is 2.27. The lowest BCUT2D eigenvalue weighted by Gasteiger charge is -2.03. The molecule has 0 radical (unpaired) electrons. The highest BCUT2D eigenvalue weighted by atomic mass is 16.5. The van der Waals surface area contributed by atoms with Crippen molar-refractivity contribution >= 4 is 11.9 Å². The fourth-order valence-electron chi connectivity index (χ4n) is 1.80. The Morgan fingerprint density at radius 1 is 1.05 bits per heavy atom. The first kappa shape index (κ1) is 14.5. The van der Waals surface area contributed by atoms with E-state index in [4.69, 9.17) is 4.74 Å². The summed E-state index contributed by atoms with van der Waals surface area (Å²) in [4.78, 5) is 11.9. The molecule has 0 heterocycles. The molecule has 5 nitrogen and oxygen atoms in total. The molecule has 0 saturated heterocycles. The maximum Gasteiger partial charge on any atom is 0.189 e. The van der Waals surface area contributed by atoms with Crippen LogP contribution in [0, 0.1) is 0 Å². The SMILES string of the molecule is COc1ccc(C=CC(=O)c2ccc(O)cc2O)cc1O. The van der Waals surface area contributed by atoms with Gasteiger partial charge in [0.25, 0.3) is 0 Å². The Balaban J connectivity index is 2.20. The van der Waals surface area contributed by atoms with Crippen LogP contribution in [0.4, 0.5) is 0 Å². The molecule has 2 aromatic rings. The van der Waals surface area contributed by atoms with Crippen LogP contribution >= 0.6 is 0 Å². The van der Waals surface area contributed by atoms with Crippen molar-refractivity contribution in [2.45, 2.75) is 0 Å². The number of rotatable bonds is 4. The molecule has 0 aliphatic rings. The molecular formula is C16H14O5. The predicted molar refractivity (Wildman–Crippen MR) is 77.8 cm³/mol. The number of ether oxygens (including phenoxy) is 1. The van der Waals surface area contributed by atoms with Gasteiger partial charge in [-0.2, -0.15) is 0 Å². The molecule has 0 amide bonds. The Labute approximate surface area is 121 Å². The predicted octanol–water partition coefficient (Wildman–Crippen LogP) is 2.71. The topological polar surface area (TPSA) is 87.0 Å². The van der Waals surface area contributed by atoms with Gasteiger partial charge in [-0.1, -0.05) is 12.1 Å². The zero-order chi connectivity index (χ0) is 15.4. The normalized spacial score (nSPS) is 10.7. The number of aromatic hydroxyl groups is 3. The molecule has 0 fully saturated rings. The quantitative estimate of drug-likeness (QED) is 0.594. The number of ketones is 1. The van der Waals surface area contributed by atoms with E-state index in [0.29, 0.717) is 11.3 Å². The lowest BCUT2D eigenvalue weighted by atomic mass is 10.1. The third-order valence-electron chi connectivity index (χ3n) is 2.88. The van der Waals surface area contributed by atoms with Crippen molar-refractivity contribution in [1.82, 2.24) is 0 Å². The fraction of sp³-hybridized carbons (Fsp3) is 0.0625. The van der Waals surface area contributed by atoms with Gasteiger partial charge >= 0.3 is 0 Å². The highest BCUT2D eigenvalue weighted by molar-refractivity contribution is 6.08. The van der Waals surface area contributed by atoms with Crippen LogP contribution in [-0.4, -0.2) is 28.2 Å². The molecule has 3 N–H and O–H groups in total. The summed E-state index contributed by atoms with van der Waals surface area (Å²) in [6.07, 6.45) is 2.78. The minimum atomic E-state index is -0.414. The van der Waals surface area contributed by atoms with E-state index >= 15 is 0 Å². The van der Waals surface area contributed by atoms with Crippen LogP contribution in [0.25, 0.3) is 6.08 Å². The van der Waals surface area contributed by atoms with Gasteiger partial charge in [-0.05, 0) is 35.9 Å². The number of methoxy groups -OCH3 is 1. The molecule has 108 valence electrons. The van der Waals surface area contributed by atoms with E-state index in [9.17, 15) is 20.1 Å². The summed E-state index contributed by atoms with van der Waals surface area (Å²) in [7, 11) is 1.45. The number of phenols is 3. The first-order valence-corrected chi connectivity index (χ1v) is 6.12. The van der Waals surface area contributed by atoms with Crippen molar-refractivity contribution in [3.63, 3.8) is 0 Å². The van der Waals surface area contributed by atoms with E-state index in [1.165, 1.54) is 37.5 Å². The number of benzene rings is 2. The molecule has 0 saturated carbocycles. The highest BCUT2D eigenvalue weighted by Gasteiger charge is 2.09. The molecule has 0 atom stereocenters. The van der Waals surface area contributed by atoms with E-state index in [0.717, 1.165) is 6.07 Å². The number of carbonyl (C=O) groups is 1. The summed E-state index contributed by atoms with van der Waals surface area (Å²) in [5, 5.41) is 28.4. The Kier molecular flexibility index (Phi) is 4.13. The maximum absolute atomic E-state index is 11.9. The Morgan fingerprint density at radius 3 is 2.43 bits per heavy atom. The first-order chi connectivity index (χ1) is 10.0. The van der Waals surface area contributed by atoms with E-state index in [2.05, 4.69) is 0 Å². The smallest absolute Gasteiger partial charge is 0.189 e. The van der Waals surface area contributed by atoms with Crippen LogP contribution < -0.4 is 4.74 Å². The summed E-state index contributed by atoms with van der Waals surface area (Å²) >= 11 is 0. The van der Waals surface area contributed by atoms with Crippen LogP contribution in [0.2, 0.25) is 0 Å². The molecule has 0 aromatic heterocycles. The molecule has 0 unspecified atom stereocenters. The van der Waals surface area contributed by atoms with E-state index in [1.54, 1.807) is 12.1 Å². The van der Waals surface area contributed by atoms with Gasteiger partial charge in [-0.25, -0.2) is 0 Å². The molecular weight excluding hydrogens is 272 g/mol. The molecule has 5 heteroatoms. The average molecular weight is 286 g/mol. The van der Waals surface area contributed by atoms with Crippen molar-refractivity contribution in [3.05, 3.63) is 53.6 Å². The molecule has 2 rings (SSSR count). The summed E-state index contributed by atoms with van der Waals surface area (Å²) in [5.74, 6) is -0.507. The second kappa shape index (κ2) is 6.00. The summed E-state index contributed by atoms with van der Waals surface area (Å²) in [5.41, 5.74) is 0.696. The number of allylic oxidation sites excluding steroid dienone is 1. The lowest BCUT2D eigenvalue weighted by Crippen LogP contribution is -1.94. The number of hydrogen-bond donors (Lipinski definition) is 3. The third-order valence-corrected chi connectivity index (χ3v) is 2.88. The van der Waals surface area contributed by atoms with E-state index < -0.39 is 5.78 Å². The van der Waals surface area contributed by atoms with E-state index in [1.807, 2.05) is 0 Å². The minimum absolute atomic E-state index is 0.0282. The second-order valence-electron chi connectivity index (χ2n) is 4.33. The average Bonchev–Trinajstić information content (AvgIpc) is 2.45. The van der Waals surface area contributed by atoms with Crippen molar-refractivity contribution in [2.24, 2.45) is 0 Å². The fourth-order valence-corrected chi connectivity index (χ4v) is 1.80. The molecule has 21 heavy (non-hydrogen) atoms. The number of hydrogen-bond acceptors (Lipinski definition) is 5. The zero-order valence-electron chi connectivity index (χ0n) is 11.3. The van der Waals surface area contributed by atoms with Crippen LogP contribution in [0.1, 0.15) is 15.9 Å².